The maximum atomic E-state index is 13.3. The van der Waals surface area contributed by atoms with Crippen LogP contribution in [0.4, 0.5) is 11.4 Å². The number of halogens is 2. The molecule has 7 nitrogen and oxygen atoms in total. The van der Waals surface area contributed by atoms with E-state index < -0.39 is 5.91 Å². The van der Waals surface area contributed by atoms with Gasteiger partial charge in [-0.3, -0.25) is 19.3 Å². The first kappa shape index (κ1) is 25.5. The molecular formula is C27H25Cl2N3O4. The van der Waals surface area contributed by atoms with Crippen molar-refractivity contribution >= 4 is 52.3 Å². The largest absolute Gasteiger partial charge is 0.472 e. The second-order valence-electron chi connectivity index (χ2n) is 8.79. The Labute approximate surface area is 219 Å². The predicted molar refractivity (Wildman–Crippen MR) is 141 cm³/mol. The number of hydrogen-bond donors (Lipinski definition) is 2. The second kappa shape index (κ2) is 10.6. The second-order valence-corrected chi connectivity index (χ2v) is 9.63. The lowest BCUT2D eigenvalue weighted by Crippen LogP contribution is -2.39. The van der Waals surface area contributed by atoms with Crippen LogP contribution >= 0.6 is 23.2 Å². The van der Waals surface area contributed by atoms with Gasteiger partial charge in [0.1, 0.15) is 5.75 Å². The van der Waals surface area contributed by atoms with E-state index in [4.69, 9.17) is 27.9 Å². The lowest BCUT2D eigenvalue weighted by atomic mass is 10.1. The van der Waals surface area contributed by atoms with E-state index in [1.165, 1.54) is 4.90 Å². The highest BCUT2D eigenvalue weighted by Crippen LogP contribution is 2.33. The molecule has 0 radical (unpaired) electrons. The molecule has 1 heterocycles. The van der Waals surface area contributed by atoms with Gasteiger partial charge in [-0.2, -0.15) is 0 Å². The first-order valence-corrected chi connectivity index (χ1v) is 12.1. The minimum absolute atomic E-state index is 0.0652. The van der Waals surface area contributed by atoms with Gasteiger partial charge in [-0.25, -0.2) is 0 Å². The molecule has 3 aromatic rings. The van der Waals surface area contributed by atoms with Crippen LogP contribution in [0.5, 0.6) is 5.75 Å². The smallest absolute Gasteiger partial charge is 0.264 e. The van der Waals surface area contributed by atoms with Crippen molar-refractivity contribution in [1.82, 2.24) is 5.32 Å². The van der Waals surface area contributed by atoms with E-state index in [-0.39, 0.29) is 41.6 Å². The number of hydrogen-bond acceptors (Lipinski definition) is 4. The third-order valence-corrected chi connectivity index (χ3v) is 6.34. The van der Waals surface area contributed by atoms with Gasteiger partial charge in [0, 0.05) is 23.2 Å². The maximum absolute atomic E-state index is 13.3. The van der Waals surface area contributed by atoms with Gasteiger partial charge >= 0.3 is 0 Å². The van der Waals surface area contributed by atoms with Crippen LogP contribution in [0.25, 0.3) is 0 Å². The number of nitrogens with one attached hydrogen (secondary N) is 2. The number of nitrogens with zero attached hydrogens (tertiary/aromatic N) is 1. The van der Waals surface area contributed by atoms with Crippen molar-refractivity contribution in [1.29, 1.82) is 0 Å². The van der Waals surface area contributed by atoms with E-state index in [1.54, 1.807) is 68.4 Å². The van der Waals surface area contributed by atoms with Crippen molar-refractivity contribution in [2.24, 2.45) is 5.92 Å². The van der Waals surface area contributed by atoms with Gasteiger partial charge in [0.25, 0.3) is 11.8 Å². The summed E-state index contributed by atoms with van der Waals surface area (Å²) in [5, 5.41) is 6.47. The molecule has 0 fully saturated rings. The topological polar surface area (TPSA) is 87.7 Å². The summed E-state index contributed by atoms with van der Waals surface area (Å²) in [6.45, 7) is 5.82. The summed E-state index contributed by atoms with van der Waals surface area (Å²) >= 11 is 12.3. The first-order valence-electron chi connectivity index (χ1n) is 11.4. The molecule has 3 aromatic carbocycles. The van der Waals surface area contributed by atoms with Crippen LogP contribution < -0.4 is 20.3 Å². The van der Waals surface area contributed by atoms with Crippen molar-refractivity contribution in [2.75, 3.05) is 16.9 Å². The number of carbonyl (C=O) groups excluding carboxylic acids is 3. The number of benzene rings is 3. The SMILES string of the molecule is Cc1cc(Cl)ccc1N1COc2ccc(NC(=O)c3cc(CNC(=O)C(C)C)ccc3Cl)cc2C1=O. The van der Waals surface area contributed by atoms with Crippen LogP contribution in [-0.2, 0) is 11.3 Å². The standard InChI is InChI=1S/C27H25Cl2N3O4/c1-15(2)25(33)30-13-17-4-7-22(29)20(11-17)26(34)31-19-6-9-24-21(12-19)27(35)32(14-36-24)23-8-5-18(28)10-16(23)3/h4-12,15H,13-14H2,1-3H3,(H,30,33)(H,31,34). The zero-order valence-electron chi connectivity index (χ0n) is 20.0. The average Bonchev–Trinajstić information content (AvgIpc) is 2.84. The molecule has 0 aliphatic carbocycles. The molecule has 4 rings (SSSR count). The summed E-state index contributed by atoms with van der Waals surface area (Å²) in [5.41, 5.74) is 3.27. The third-order valence-electron chi connectivity index (χ3n) is 5.78. The van der Waals surface area contributed by atoms with E-state index in [0.29, 0.717) is 27.7 Å². The third kappa shape index (κ3) is 5.48. The highest BCUT2D eigenvalue weighted by Gasteiger charge is 2.28. The predicted octanol–water partition coefficient (Wildman–Crippen LogP) is 5.82. The van der Waals surface area contributed by atoms with Gasteiger partial charge < -0.3 is 15.4 Å². The van der Waals surface area contributed by atoms with E-state index in [0.717, 1.165) is 11.1 Å². The van der Waals surface area contributed by atoms with Gasteiger partial charge in [-0.05, 0) is 66.6 Å². The molecule has 0 unspecified atom stereocenters. The Balaban J connectivity index is 1.53. The normalized spacial score (nSPS) is 12.7. The molecule has 36 heavy (non-hydrogen) atoms. The fourth-order valence-corrected chi connectivity index (χ4v) is 4.22. The minimum Gasteiger partial charge on any atom is -0.472 e. The summed E-state index contributed by atoms with van der Waals surface area (Å²) < 4.78 is 5.79. The summed E-state index contributed by atoms with van der Waals surface area (Å²) in [7, 11) is 0. The van der Waals surface area contributed by atoms with E-state index >= 15 is 0 Å². The molecule has 0 bridgehead atoms. The summed E-state index contributed by atoms with van der Waals surface area (Å²) in [5.74, 6) is -0.484. The Hall–Kier alpha value is -3.55. The quantitative estimate of drug-likeness (QED) is 0.424. The molecular weight excluding hydrogens is 501 g/mol. The molecule has 0 saturated carbocycles. The van der Waals surface area contributed by atoms with Crippen LogP contribution in [0, 0.1) is 12.8 Å². The van der Waals surface area contributed by atoms with Gasteiger partial charge in [-0.1, -0.05) is 43.1 Å². The van der Waals surface area contributed by atoms with Gasteiger partial charge in [-0.15, -0.1) is 0 Å². The molecule has 1 aliphatic heterocycles. The zero-order chi connectivity index (χ0) is 26.0. The summed E-state index contributed by atoms with van der Waals surface area (Å²) in [4.78, 5) is 39.7. The number of amides is 3. The van der Waals surface area contributed by atoms with Crippen LogP contribution in [0.2, 0.25) is 10.0 Å². The highest BCUT2D eigenvalue weighted by atomic mass is 35.5. The van der Waals surface area contributed by atoms with Gasteiger partial charge in [0.2, 0.25) is 5.91 Å². The Bertz CT molecular complexity index is 1360. The van der Waals surface area contributed by atoms with Crippen molar-refractivity contribution in [3.63, 3.8) is 0 Å². The first-order chi connectivity index (χ1) is 17.1. The van der Waals surface area contributed by atoms with Crippen LogP contribution in [0.1, 0.15) is 45.7 Å². The molecule has 0 spiro atoms. The molecule has 1 aliphatic rings. The minimum atomic E-state index is -0.438. The zero-order valence-corrected chi connectivity index (χ0v) is 21.5. The Morgan fingerprint density at radius 2 is 1.83 bits per heavy atom. The highest BCUT2D eigenvalue weighted by molar-refractivity contribution is 6.34. The molecule has 9 heteroatoms. The van der Waals surface area contributed by atoms with E-state index in [9.17, 15) is 14.4 Å². The number of anilines is 2. The Morgan fingerprint density at radius 3 is 2.56 bits per heavy atom. The molecule has 0 saturated heterocycles. The molecule has 0 aromatic heterocycles. The van der Waals surface area contributed by atoms with Crippen molar-refractivity contribution in [3.05, 3.63) is 86.9 Å². The lowest BCUT2D eigenvalue weighted by Gasteiger charge is -2.30. The molecule has 3 amide bonds. The number of aryl methyl sites for hydroxylation is 1. The summed E-state index contributed by atoms with van der Waals surface area (Å²) in [6.07, 6.45) is 0. The van der Waals surface area contributed by atoms with Crippen LogP contribution in [-0.4, -0.2) is 24.5 Å². The number of fused-ring (bicyclic) bond motifs is 1. The lowest BCUT2D eigenvalue weighted by molar-refractivity contribution is -0.124. The van der Waals surface area contributed by atoms with E-state index in [2.05, 4.69) is 10.6 Å². The number of ether oxygens (including phenoxy) is 1. The van der Waals surface area contributed by atoms with Crippen molar-refractivity contribution < 1.29 is 19.1 Å². The van der Waals surface area contributed by atoms with Gasteiger partial charge in [0.15, 0.2) is 6.73 Å². The number of carbonyl (C=O) groups is 3. The molecule has 186 valence electrons. The van der Waals surface area contributed by atoms with Gasteiger partial charge in [0.05, 0.1) is 21.8 Å². The number of rotatable bonds is 6. The van der Waals surface area contributed by atoms with Crippen molar-refractivity contribution in [2.45, 2.75) is 27.3 Å². The average molecular weight is 526 g/mol. The van der Waals surface area contributed by atoms with Crippen LogP contribution in [0.3, 0.4) is 0 Å². The van der Waals surface area contributed by atoms with E-state index in [1.807, 2.05) is 6.92 Å². The molecule has 2 N–H and O–H groups in total. The Morgan fingerprint density at radius 1 is 1.06 bits per heavy atom. The van der Waals surface area contributed by atoms with Crippen LogP contribution in [0.15, 0.2) is 54.6 Å². The fraction of sp³-hybridized carbons (Fsp3) is 0.222. The maximum Gasteiger partial charge on any atom is 0.264 e. The van der Waals surface area contributed by atoms with Crippen molar-refractivity contribution in [3.8, 4) is 5.75 Å². The Kier molecular flexibility index (Phi) is 7.52. The monoisotopic (exact) mass is 525 g/mol. The fourth-order valence-electron chi connectivity index (χ4n) is 3.79. The summed E-state index contributed by atoms with van der Waals surface area (Å²) in [6, 6.07) is 15.2. The molecule has 0 atom stereocenters.